The van der Waals surface area contributed by atoms with Gasteiger partial charge < -0.3 is 9.30 Å². The average molecular weight is 418 g/mol. The molecule has 1 heterocycles. The van der Waals surface area contributed by atoms with Crippen LogP contribution in [0.25, 0.3) is 27.9 Å². The van der Waals surface area contributed by atoms with E-state index in [0.717, 1.165) is 16.9 Å². The molecule has 0 spiro atoms. The fourth-order valence-corrected chi connectivity index (χ4v) is 3.93. The first-order chi connectivity index (χ1) is 15.7. The van der Waals surface area contributed by atoms with E-state index in [4.69, 9.17) is 9.72 Å². The lowest BCUT2D eigenvalue weighted by atomic mass is 10.1. The number of fused-ring (bicyclic) bond motifs is 2. The highest BCUT2D eigenvalue weighted by atomic mass is 16.5. The van der Waals surface area contributed by atoms with Gasteiger partial charge in [-0.25, -0.2) is 4.98 Å². The number of carbonyl (C=O) groups excluding carboxylic acids is 1. The molecular weight excluding hydrogens is 396 g/mol. The molecular formula is C28H22N2O2. The molecule has 156 valence electrons. The SMILES string of the molecule is COc1cccc(C(=O)/C=C/c2nc3ccccc3n2Cc2ccc3ccccc3c2)c1. The van der Waals surface area contributed by atoms with E-state index < -0.39 is 0 Å². The number of para-hydroxylation sites is 2. The van der Waals surface area contributed by atoms with Gasteiger partial charge in [0.1, 0.15) is 11.6 Å². The van der Waals surface area contributed by atoms with Gasteiger partial charge in [0.15, 0.2) is 5.78 Å². The van der Waals surface area contributed by atoms with E-state index in [9.17, 15) is 4.79 Å². The van der Waals surface area contributed by atoms with Crippen molar-refractivity contribution in [3.8, 4) is 5.75 Å². The number of hydrogen-bond donors (Lipinski definition) is 0. The Hall–Kier alpha value is -4.18. The summed E-state index contributed by atoms with van der Waals surface area (Å²) in [5, 5.41) is 2.43. The molecule has 0 amide bonds. The molecule has 0 N–H and O–H groups in total. The monoisotopic (exact) mass is 418 g/mol. The van der Waals surface area contributed by atoms with Gasteiger partial charge in [-0.2, -0.15) is 0 Å². The van der Waals surface area contributed by atoms with Crippen LogP contribution in [0.5, 0.6) is 5.75 Å². The first-order valence-electron chi connectivity index (χ1n) is 10.5. The quantitative estimate of drug-likeness (QED) is 0.246. The molecule has 0 saturated heterocycles. The lowest BCUT2D eigenvalue weighted by molar-refractivity contribution is 0.104. The van der Waals surface area contributed by atoms with Crippen molar-refractivity contribution >= 4 is 33.7 Å². The van der Waals surface area contributed by atoms with E-state index in [0.29, 0.717) is 17.9 Å². The minimum absolute atomic E-state index is 0.0896. The molecule has 0 unspecified atom stereocenters. The summed E-state index contributed by atoms with van der Waals surface area (Å²) in [6, 6.07) is 30.0. The molecule has 5 rings (SSSR count). The number of benzene rings is 4. The topological polar surface area (TPSA) is 44.1 Å². The molecule has 0 aliphatic heterocycles. The fourth-order valence-electron chi connectivity index (χ4n) is 3.93. The van der Waals surface area contributed by atoms with Crippen molar-refractivity contribution in [3.63, 3.8) is 0 Å². The Bertz CT molecular complexity index is 1460. The lowest BCUT2D eigenvalue weighted by Crippen LogP contribution is -2.03. The van der Waals surface area contributed by atoms with Crippen molar-refractivity contribution < 1.29 is 9.53 Å². The molecule has 0 aliphatic carbocycles. The third kappa shape index (κ3) is 3.91. The van der Waals surface area contributed by atoms with Crippen molar-refractivity contribution in [2.75, 3.05) is 7.11 Å². The van der Waals surface area contributed by atoms with Crippen molar-refractivity contribution in [2.24, 2.45) is 0 Å². The first kappa shape index (κ1) is 19.8. The summed E-state index contributed by atoms with van der Waals surface area (Å²) in [5.74, 6) is 1.32. The van der Waals surface area contributed by atoms with Crippen LogP contribution in [0.4, 0.5) is 0 Å². The molecule has 5 aromatic rings. The number of ether oxygens (including phenoxy) is 1. The number of hydrogen-bond acceptors (Lipinski definition) is 3. The number of aromatic nitrogens is 2. The van der Waals surface area contributed by atoms with Crippen LogP contribution >= 0.6 is 0 Å². The summed E-state index contributed by atoms with van der Waals surface area (Å²) in [4.78, 5) is 17.5. The molecule has 4 aromatic carbocycles. The van der Waals surface area contributed by atoms with Gasteiger partial charge in [-0.1, -0.05) is 60.7 Å². The number of ketones is 1. The van der Waals surface area contributed by atoms with Crippen LogP contribution in [-0.4, -0.2) is 22.4 Å². The summed E-state index contributed by atoms with van der Waals surface area (Å²) in [7, 11) is 1.59. The fraction of sp³-hybridized carbons (Fsp3) is 0.0714. The Morgan fingerprint density at radius 2 is 1.72 bits per heavy atom. The maximum absolute atomic E-state index is 12.7. The Balaban J connectivity index is 1.51. The van der Waals surface area contributed by atoms with E-state index in [1.165, 1.54) is 16.3 Å². The number of imidazole rings is 1. The van der Waals surface area contributed by atoms with Gasteiger partial charge >= 0.3 is 0 Å². The van der Waals surface area contributed by atoms with Crippen molar-refractivity contribution in [1.82, 2.24) is 9.55 Å². The Morgan fingerprint density at radius 3 is 2.59 bits per heavy atom. The first-order valence-corrected chi connectivity index (χ1v) is 10.5. The van der Waals surface area contributed by atoms with Crippen LogP contribution < -0.4 is 4.74 Å². The van der Waals surface area contributed by atoms with Crippen LogP contribution in [-0.2, 0) is 6.54 Å². The van der Waals surface area contributed by atoms with E-state index in [1.54, 1.807) is 31.4 Å². The molecule has 0 saturated carbocycles. The summed E-state index contributed by atoms with van der Waals surface area (Å²) in [6.45, 7) is 0.665. The largest absolute Gasteiger partial charge is 0.497 e. The van der Waals surface area contributed by atoms with Crippen molar-refractivity contribution in [3.05, 3.63) is 114 Å². The van der Waals surface area contributed by atoms with Crippen LogP contribution in [0, 0.1) is 0 Å². The molecule has 32 heavy (non-hydrogen) atoms. The highest BCUT2D eigenvalue weighted by Crippen LogP contribution is 2.22. The van der Waals surface area contributed by atoms with E-state index in [1.807, 2.05) is 36.4 Å². The van der Waals surface area contributed by atoms with Gasteiger partial charge in [-0.05, 0) is 58.8 Å². The molecule has 4 nitrogen and oxygen atoms in total. The maximum Gasteiger partial charge on any atom is 0.186 e. The van der Waals surface area contributed by atoms with Crippen LogP contribution in [0.2, 0.25) is 0 Å². The van der Waals surface area contributed by atoms with Gasteiger partial charge in [0.05, 0.1) is 18.1 Å². The smallest absolute Gasteiger partial charge is 0.186 e. The number of nitrogens with zero attached hydrogens (tertiary/aromatic N) is 2. The zero-order valence-electron chi connectivity index (χ0n) is 17.7. The minimum Gasteiger partial charge on any atom is -0.497 e. The van der Waals surface area contributed by atoms with Gasteiger partial charge in [-0.3, -0.25) is 4.79 Å². The van der Waals surface area contributed by atoms with E-state index >= 15 is 0 Å². The molecule has 0 bridgehead atoms. The number of methoxy groups -OCH3 is 1. The zero-order valence-corrected chi connectivity index (χ0v) is 17.7. The molecule has 0 aliphatic rings. The summed E-state index contributed by atoms with van der Waals surface area (Å²) in [5.41, 5.74) is 3.70. The van der Waals surface area contributed by atoms with Crippen molar-refractivity contribution in [1.29, 1.82) is 0 Å². The zero-order chi connectivity index (χ0) is 21.9. The molecule has 4 heteroatoms. The average Bonchev–Trinajstić information content (AvgIpc) is 3.19. The van der Waals surface area contributed by atoms with Gasteiger partial charge in [-0.15, -0.1) is 0 Å². The van der Waals surface area contributed by atoms with Crippen LogP contribution in [0.15, 0.2) is 97.1 Å². The molecule has 0 fully saturated rings. The third-order valence-electron chi connectivity index (χ3n) is 5.58. The predicted molar refractivity (Wildman–Crippen MR) is 129 cm³/mol. The third-order valence-corrected chi connectivity index (χ3v) is 5.58. The normalized spacial score (nSPS) is 11.4. The van der Waals surface area contributed by atoms with E-state index in [-0.39, 0.29) is 5.78 Å². The summed E-state index contributed by atoms with van der Waals surface area (Å²) < 4.78 is 7.38. The van der Waals surface area contributed by atoms with Gasteiger partial charge in [0, 0.05) is 12.1 Å². The Labute approximate surface area is 186 Å². The highest BCUT2D eigenvalue weighted by molar-refractivity contribution is 6.07. The van der Waals surface area contributed by atoms with Gasteiger partial charge in [0.25, 0.3) is 0 Å². The number of allylic oxidation sites excluding steroid dienone is 1. The van der Waals surface area contributed by atoms with Crippen molar-refractivity contribution in [2.45, 2.75) is 6.54 Å². The Kier molecular flexibility index (Phi) is 5.26. The second kappa shape index (κ2) is 8.52. The van der Waals surface area contributed by atoms with Crippen LogP contribution in [0.1, 0.15) is 21.7 Å². The Morgan fingerprint density at radius 1 is 0.906 bits per heavy atom. The molecule has 0 atom stereocenters. The second-order valence-electron chi connectivity index (χ2n) is 7.66. The summed E-state index contributed by atoms with van der Waals surface area (Å²) in [6.07, 6.45) is 3.37. The standard InChI is InChI=1S/C28H22N2O2/c1-32-24-10-6-9-23(18-24)27(31)15-16-28-29-25-11-4-5-12-26(25)30(28)19-20-13-14-21-7-2-3-8-22(21)17-20/h2-18H,19H2,1H3/b16-15+. The molecule has 0 radical (unpaired) electrons. The lowest BCUT2D eigenvalue weighted by Gasteiger charge is -2.09. The van der Waals surface area contributed by atoms with E-state index in [2.05, 4.69) is 47.0 Å². The summed E-state index contributed by atoms with van der Waals surface area (Å²) >= 11 is 0. The maximum atomic E-state index is 12.7. The molecule has 1 aromatic heterocycles. The number of rotatable bonds is 6. The predicted octanol–water partition coefficient (Wildman–Crippen LogP) is 6.14. The highest BCUT2D eigenvalue weighted by Gasteiger charge is 2.10. The van der Waals surface area contributed by atoms with Gasteiger partial charge in [0.2, 0.25) is 0 Å². The second-order valence-corrected chi connectivity index (χ2v) is 7.66. The number of carbonyl (C=O) groups is 1. The van der Waals surface area contributed by atoms with Crippen LogP contribution in [0.3, 0.4) is 0 Å². The minimum atomic E-state index is -0.0896.